The molecule has 0 fully saturated rings. The van der Waals surface area contributed by atoms with Crippen LogP contribution in [0.4, 0.5) is 0 Å². The van der Waals surface area contributed by atoms with Crippen LogP contribution in [0, 0.1) is 0 Å². The molecule has 0 aliphatic heterocycles. The van der Waals surface area contributed by atoms with Crippen molar-refractivity contribution in [1.29, 1.82) is 0 Å². The third kappa shape index (κ3) is 4.60. The van der Waals surface area contributed by atoms with E-state index in [4.69, 9.17) is 5.53 Å². The van der Waals surface area contributed by atoms with E-state index in [0.717, 1.165) is 5.56 Å². The van der Waals surface area contributed by atoms with Gasteiger partial charge in [0.2, 0.25) is 0 Å². The Morgan fingerprint density at radius 1 is 1.30 bits per heavy atom. The third-order valence-corrected chi connectivity index (χ3v) is 4.22. The molecule has 0 amide bonds. The lowest BCUT2D eigenvalue weighted by atomic mass is 10.1. The number of carbonyl (C=O) groups is 1. The van der Waals surface area contributed by atoms with Gasteiger partial charge in [-0.3, -0.25) is 0 Å². The molecular formula is C13H16N2O4S. The van der Waals surface area contributed by atoms with Crippen LogP contribution in [0.3, 0.4) is 0 Å². The van der Waals surface area contributed by atoms with Crippen LogP contribution in [0.15, 0.2) is 30.3 Å². The molecule has 0 unspecified atom stereocenters. The van der Waals surface area contributed by atoms with Crippen LogP contribution in [0.1, 0.15) is 18.9 Å². The maximum absolute atomic E-state index is 11.9. The van der Waals surface area contributed by atoms with Crippen molar-refractivity contribution in [2.75, 3.05) is 12.4 Å². The second kappa shape index (κ2) is 7.57. The van der Waals surface area contributed by atoms with Gasteiger partial charge in [-0.1, -0.05) is 30.3 Å². The molecule has 0 aromatic heterocycles. The summed E-state index contributed by atoms with van der Waals surface area (Å²) in [4.78, 5) is 13.9. The summed E-state index contributed by atoms with van der Waals surface area (Å²) in [6.45, 7) is 1.55. The van der Waals surface area contributed by atoms with Gasteiger partial charge in [0.05, 0.1) is 12.4 Å². The van der Waals surface area contributed by atoms with Crippen LogP contribution in [0.2, 0.25) is 0 Å². The van der Waals surface area contributed by atoms with Gasteiger partial charge in [0.15, 0.2) is 0 Å². The molecule has 0 heterocycles. The van der Waals surface area contributed by atoms with Gasteiger partial charge >= 0.3 is 11.0 Å². The number of benzene rings is 1. The first-order valence-corrected chi connectivity index (χ1v) is 7.82. The fraction of sp³-hybridized carbons (Fsp3) is 0.385. The Hall–Kier alpha value is -1.98. The lowest BCUT2D eigenvalue weighted by Gasteiger charge is -2.01. The average molecular weight is 296 g/mol. The van der Waals surface area contributed by atoms with Gasteiger partial charge in [0.1, 0.15) is 0 Å². The lowest BCUT2D eigenvalue weighted by Crippen LogP contribution is -2.29. The molecule has 20 heavy (non-hydrogen) atoms. The van der Waals surface area contributed by atoms with Crippen LogP contribution >= 0.6 is 0 Å². The summed E-state index contributed by atoms with van der Waals surface area (Å²) in [7, 11) is -3.94. The van der Waals surface area contributed by atoms with E-state index in [0.29, 0.717) is 12.8 Å². The van der Waals surface area contributed by atoms with Crippen molar-refractivity contribution in [2.45, 2.75) is 19.8 Å². The van der Waals surface area contributed by atoms with Gasteiger partial charge in [0, 0.05) is 0 Å². The molecule has 0 N–H and O–H groups in total. The van der Waals surface area contributed by atoms with E-state index in [1.165, 1.54) is 6.92 Å². The Labute approximate surface area is 117 Å². The number of hydrogen-bond acceptors (Lipinski definition) is 4. The molecule has 0 saturated carbocycles. The minimum absolute atomic E-state index is 0.0113. The van der Waals surface area contributed by atoms with E-state index in [1.54, 1.807) is 0 Å². The second-order valence-corrected chi connectivity index (χ2v) is 6.06. The highest BCUT2D eigenvalue weighted by Crippen LogP contribution is 2.05. The van der Waals surface area contributed by atoms with Crippen LogP contribution in [0.5, 0.6) is 0 Å². The number of carbonyl (C=O) groups excluding carboxylic acids is 1. The van der Waals surface area contributed by atoms with Crippen LogP contribution in [0.25, 0.3) is 5.53 Å². The molecule has 0 atom stereocenters. The van der Waals surface area contributed by atoms with Crippen LogP contribution in [-0.4, -0.2) is 36.6 Å². The minimum Gasteiger partial charge on any atom is -0.457 e. The Morgan fingerprint density at radius 3 is 2.50 bits per heavy atom. The zero-order chi connectivity index (χ0) is 15.0. The van der Waals surface area contributed by atoms with Gasteiger partial charge < -0.3 is 10.3 Å². The molecule has 0 aliphatic carbocycles. The number of sulfone groups is 1. The molecule has 0 aliphatic rings. The SMILES string of the molecule is CCOC(=O)C(=[N+]=[N-])S(=O)(=O)CCCc1ccccc1. The molecule has 0 radical (unpaired) electrons. The summed E-state index contributed by atoms with van der Waals surface area (Å²) in [5.74, 6) is -1.41. The van der Waals surface area contributed by atoms with E-state index >= 15 is 0 Å². The van der Waals surface area contributed by atoms with E-state index in [1.807, 2.05) is 30.3 Å². The predicted octanol–water partition coefficient (Wildman–Crippen LogP) is 1.23. The summed E-state index contributed by atoms with van der Waals surface area (Å²) < 4.78 is 28.3. The standard InChI is InChI=1S/C13H16N2O4S/c1-2-19-13(16)12(15-14)20(17,18)10-6-9-11-7-4-3-5-8-11/h3-5,7-8H,2,6,9-10H2,1H3. The topological polar surface area (TPSA) is 96.8 Å². The highest BCUT2D eigenvalue weighted by Gasteiger charge is 2.36. The van der Waals surface area contributed by atoms with Crippen molar-refractivity contribution in [3.8, 4) is 0 Å². The first-order valence-electron chi connectivity index (χ1n) is 6.17. The molecule has 6 nitrogen and oxygen atoms in total. The highest BCUT2D eigenvalue weighted by atomic mass is 32.2. The summed E-state index contributed by atoms with van der Waals surface area (Å²) in [6.07, 6.45) is 0.881. The molecule has 0 bridgehead atoms. The highest BCUT2D eigenvalue weighted by molar-refractivity contribution is 8.07. The molecule has 7 heteroatoms. The smallest absolute Gasteiger partial charge is 0.457 e. The monoisotopic (exact) mass is 296 g/mol. The van der Waals surface area contributed by atoms with Crippen molar-refractivity contribution >= 4 is 20.9 Å². The van der Waals surface area contributed by atoms with Crippen LogP contribution < -0.4 is 0 Å². The van der Waals surface area contributed by atoms with Crippen molar-refractivity contribution < 1.29 is 22.7 Å². The number of hydrogen-bond donors (Lipinski definition) is 0. The van der Waals surface area contributed by atoms with Crippen molar-refractivity contribution in [2.24, 2.45) is 0 Å². The first kappa shape index (κ1) is 16.1. The lowest BCUT2D eigenvalue weighted by molar-refractivity contribution is -0.138. The Kier molecular flexibility index (Phi) is 6.09. The normalized spacial score (nSPS) is 10.7. The van der Waals surface area contributed by atoms with E-state index in [2.05, 4.69) is 9.53 Å². The Bertz CT molecular complexity index is 605. The summed E-state index contributed by atoms with van der Waals surface area (Å²) >= 11 is 0. The van der Waals surface area contributed by atoms with E-state index < -0.39 is 20.9 Å². The molecule has 0 spiro atoms. The van der Waals surface area contributed by atoms with Crippen LogP contribution in [-0.2, 0) is 25.8 Å². The largest absolute Gasteiger partial charge is 0.488 e. The van der Waals surface area contributed by atoms with Crippen molar-refractivity contribution in [3.63, 3.8) is 0 Å². The fourth-order valence-electron chi connectivity index (χ4n) is 1.63. The van der Waals surface area contributed by atoms with Crippen molar-refractivity contribution in [1.82, 2.24) is 0 Å². The second-order valence-electron chi connectivity index (χ2n) is 4.03. The molecule has 108 valence electrons. The van der Waals surface area contributed by atoms with Gasteiger partial charge in [0.25, 0.3) is 9.84 Å². The number of esters is 1. The molecule has 0 saturated heterocycles. The minimum atomic E-state index is -3.94. The fourth-order valence-corrected chi connectivity index (χ4v) is 2.79. The summed E-state index contributed by atoms with van der Waals surface area (Å²) in [6, 6.07) is 9.38. The number of ether oxygens (including phenoxy) is 1. The first-order chi connectivity index (χ1) is 9.51. The molecule has 1 aromatic carbocycles. The maximum atomic E-state index is 11.9. The zero-order valence-electron chi connectivity index (χ0n) is 11.2. The van der Waals surface area contributed by atoms with Crippen molar-refractivity contribution in [3.05, 3.63) is 41.4 Å². The summed E-state index contributed by atoms with van der Waals surface area (Å²) in [5.41, 5.74) is 9.68. The Morgan fingerprint density at radius 2 is 1.95 bits per heavy atom. The zero-order valence-corrected chi connectivity index (χ0v) is 12.0. The summed E-state index contributed by atoms with van der Waals surface area (Å²) in [5, 5.41) is -0.938. The number of nitrogens with zero attached hydrogens (tertiary/aromatic N) is 2. The van der Waals surface area contributed by atoms with E-state index in [-0.39, 0.29) is 12.4 Å². The Balaban J connectivity index is 2.65. The quantitative estimate of drug-likeness (QED) is 0.268. The van der Waals surface area contributed by atoms with Gasteiger partial charge in [-0.2, -0.15) is 0 Å². The average Bonchev–Trinajstić information content (AvgIpc) is 2.40. The third-order valence-electron chi connectivity index (χ3n) is 2.56. The number of rotatable bonds is 5. The van der Waals surface area contributed by atoms with Gasteiger partial charge in [-0.25, -0.2) is 13.2 Å². The van der Waals surface area contributed by atoms with E-state index in [9.17, 15) is 13.2 Å². The molecular weight excluding hydrogens is 280 g/mol. The number of aryl methyl sites for hydroxylation is 1. The van der Waals surface area contributed by atoms with Gasteiger partial charge in [-0.15, -0.1) is 4.79 Å². The molecule has 1 rings (SSSR count). The van der Waals surface area contributed by atoms with Gasteiger partial charge in [-0.05, 0) is 25.3 Å². The predicted molar refractivity (Wildman–Crippen MR) is 73.8 cm³/mol. The molecule has 1 aromatic rings. The maximum Gasteiger partial charge on any atom is 0.488 e.